The molecule has 0 atom stereocenters. The molecule has 0 radical (unpaired) electrons. The van der Waals surface area contributed by atoms with Gasteiger partial charge >= 0.3 is 5.63 Å². The summed E-state index contributed by atoms with van der Waals surface area (Å²) in [6.07, 6.45) is 0. The number of benzene rings is 2. The predicted molar refractivity (Wildman–Crippen MR) is 112 cm³/mol. The van der Waals surface area contributed by atoms with Crippen LogP contribution in [0.4, 0.5) is 5.69 Å². The molecule has 9 heteroatoms. The Bertz CT molecular complexity index is 1100. The van der Waals surface area contributed by atoms with Gasteiger partial charge in [-0.3, -0.25) is 4.79 Å². The Kier molecular flexibility index (Phi) is 5.95. The van der Waals surface area contributed by atoms with Crippen molar-refractivity contribution in [1.82, 2.24) is 0 Å². The van der Waals surface area contributed by atoms with Crippen molar-refractivity contribution in [2.45, 2.75) is 0 Å². The molecule has 1 aromatic heterocycles. The lowest BCUT2D eigenvalue weighted by atomic mass is 10.1. The Morgan fingerprint density at radius 1 is 0.964 bits per heavy atom. The summed E-state index contributed by atoms with van der Waals surface area (Å²) >= 11 is 6.73. The minimum Gasteiger partial charge on any atom is -0.493 e. The Morgan fingerprint density at radius 2 is 1.61 bits per heavy atom. The highest BCUT2D eigenvalue weighted by Crippen LogP contribution is 2.38. The Labute approximate surface area is 176 Å². The second-order valence-corrected chi connectivity index (χ2v) is 7.39. The maximum Gasteiger partial charge on any atom is 0.360 e. The summed E-state index contributed by atoms with van der Waals surface area (Å²) in [5.74, 6) is 0.484. The minimum absolute atomic E-state index is 0.0104. The highest BCUT2D eigenvalue weighted by atomic mass is 79.9. The van der Waals surface area contributed by atoms with Crippen LogP contribution in [0.2, 0.25) is 0 Å². The van der Waals surface area contributed by atoms with Crippen LogP contribution in [0.5, 0.6) is 17.2 Å². The maximum atomic E-state index is 12.7. The van der Waals surface area contributed by atoms with E-state index in [-0.39, 0.29) is 11.3 Å². The van der Waals surface area contributed by atoms with Gasteiger partial charge in [0.2, 0.25) is 5.75 Å². The van der Waals surface area contributed by atoms with Gasteiger partial charge in [-0.2, -0.15) is 0 Å². The summed E-state index contributed by atoms with van der Waals surface area (Å²) in [7, 11) is 4.37. The minimum atomic E-state index is -0.670. The van der Waals surface area contributed by atoms with Crippen molar-refractivity contribution in [3.05, 3.63) is 55.3 Å². The van der Waals surface area contributed by atoms with Crippen molar-refractivity contribution >= 4 is 54.4 Å². The monoisotopic (exact) mass is 511 g/mol. The second kappa shape index (κ2) is 8.24. The number of rotatable bonds is 5. The van der Waals surface area contributed by atoms with Crippen molar-refractivity contribution in [2.24, 2.45) is 0 Å². The molecule has 2 aromatic carbocycles. The fourth-order valence-electron chi connectivity index (χ4n) is 2.65. The molecule has 0 bridgehead atoms. The zero-order valence-corrected chi connectivity index (χ0v) is 18.3. The van der Waals surface area contributed by atoms with Gasteiger partial charge in [-0.05, 0) is 46.3 Å². The van der Waals surface area contributed by atoms with Crippen molar-refractivity contribution in [3.8, 4) is 17.2 Å². The Hall–Kier alpha value is -2.52. The third-order valence-electron chi connectivity index (χ3n) is 3.93. The number of amides is 1. The molecule has 146 valence electrons. The van der Waals surface area contributed by atoms with Gasteiger partial charge in [0, 0.05) is 15.4 Å². The normalized spacial score (nSPS) is 10.6. The van der Waals surface area contributed by atoms with E-state index in [4.69, 9.17) is 18.6 Å². The van der Waals surface area contributed by atoms with Gasteiger partial charge in [0.25, 0.3) is 5.91 Å². The first-order valence-corrected chi connectivity index (χ1v) is 9.50. The Morgan fingerprint density at radius 3 is 2.18 bits per heavy atom. The number of hydrogen-bond donors (Lipinski definition) is 1. The molecule has 0 aliphatic rings. The van der Waals surface area contributed by atoms with E-state index in [2.05, 4.69) is 37.2 Å². The number of fused-ring (bicyclic) bond motifs is 1. The standard InChI is InChI=1S/C19H15Br2NO6/c1-25-14-6-10(7-15(26-2)17(14)27-3)18(23)22-13-5-9-4-11(20)8-12(21)16(9)28-19(13)24/h4-8H,1-3H3,(H,22,23). The number of halogens is 2. The number of carbonyl (C=O) groups excluding carboxylic acids is 1. The first-order chi connectivity index (χ1) is 13.4. The molecule has 0 saturated carbocycles. The number of carbonyl (C=O) groups is 1. The molecule has 0 unspecified atom stereocenters. The Balaban J connectivity index is 2.01. The average Bonchev–Trinajstić information content (AvgIpc) is 2.67. The molecule has 3 aromatic rings. The topological polar surface area (TPSA) is 87.0 Å². The quantitative estimate of drug-likeness (QED) is 0.503. The fraction of sp³-hybridized carbons (Fsp3) is 0.158. The zero-order chi connectivity index (χ0) is 20.4. The zero-order valence-electron chi connectivity index (χ0n) is 15.1. The van der Waals surface area contributed by atoms with E-state index < -0.39 is 11.5 Å². The highest BCUT2D eigenvalue weighted by Gasteiger charge is 2.18. The number of methoxy groups -OCH3 is 3. The van der Waals surface area contributed by atoms with E-state index in [1.807, 2.05) is 0 Å². The number of nitrogens with one attached hydrogen (secondary N) is 1. The number of anilines is 1. The van der Waals surface area contributed by atoms with Crippen LogP contribution in [-0.2, 0) is 0 Å². The van der Waals surface area contributed by atoms with Gasteiger partial charge < -0.3 is 23.9 Å². The van der Waals surface area contributed by atoms with Gasteiger partial charge in [-0.1, -0.05) is 15.9 Å². The first-order valence-electron chi connectivity index (χ1n) is 7.92. The molecule has 0 aliphatic heterocycles. The summed E-state index contributed by atoms with van der Waals surface area (Å²) in [4.78, 5) is 25.0. The molecule has 0 spiro atoms. The lowest BCUT2D eigenvalue weighted by molar-refractivity contribution is 0.102. The maximum absolute atomic E-state index is 12.7. The van der Waals surface area contributed by atoms with Crippen LogP contribution in [0.25, 0.3) is 11.0 Å². The van der Waals surface area contributed by atoms with E-state index in [0.717, 1.165) is 4.47 Å². The molecule has 0 saturated heterocycles. The predicted octanol–water partition coefficient (Wildman–Crippen LogP) is 4.60. The summed E-state index contributed by atoms with van der Waals surface area (Å²) in [5.41, 5.74) is -0.0454. The lowest BCUT2D eigenvalue weighted by Crippen LogP contribution is -2.18. The van der Waals surface area contributed by atoms with Crippen LogP contribution in [0.15, 0.2) is 48.5 Å². The van der Waals surface area contributed by atoms with Crippen molar-refractivity contribution in [3.63, 3.8) is 0 Å². The van der Waals surface area contributed by atoms with E-state index >= 15 is 0 Å². The molecule has 0 aliphatic carbocycles. The van der Waals surface area contributed by atoms with Gasteiger partial charge in [-0.25, -0.2) is 4.79 Å². The summed E-state index contributed by atoms with van der Waals surface area (Å²) in [6.45, 7) is 0. The van der Waals surface area contributed by atoms with Crippen LogP contribution >= 0.6 is 31.9 Å². The van der Waals surface area contributed by atoms with Crippen LogP contribution in [0, 0.1) is 0 Å². The van der Waals surface area contributed by atoms with Crippen molar-refractivity contribution < 1.29 is 23.4 Å². The van der Waals surface area contributed by atoms with Crippen LogP contribution in [-0.4, -0.2) is 27.2 Å². The van der Waals surface area contributed by atoms with E-state index in [1.165, 1.54) is 33.5 Å². The van der Waals surface area contributed by atoms with Crippen molar-refractivity contribution in [1.29, 1.82) is 0 Å². The molecule has 7 nitrogen and oxygen atoms in total. The fourth-order valence-corrected chi connectivity index (χ4v) is 3.99. The van der Waals surface area contributed by atoms with Gasteiger partial charge in [-0.15, -0.1) is 0 Å². The van der Waals surface area contributed by atoms with Gasteiger partial charge in [0.1, 0.15) is 5.69 Å². The summed E-state index contributed by atoms with van der Waals surface area (Å²) < 4.78 is 22.5. The van der Waals surface area contributed by atoms with Crippen molar-refractivity contribution in [2.75, 3.05) is 26.6 Å². The SMILES string of the molecule is COc1cc(C(=O)Nc2cc3cc(Br)cc(Br)c3oc2=O)cc(OC)c1OC. The third kappa shape index (κ3) is 3.85. The average molecular weight is 513 g/mol. The number of ether oxygens (including phenoxy) is 3. The lowest BCUT2D eigenvalue weighted by Gasteiger charge is -2.14. The smallest absolute Gasteiger partial charge is 0.360 e. The van der Waals surface area contributed by atoms with Crippen LogP contribution in [0.1, 0.15) is 10.4 Å². The largest absolute Gasteiger partial charge is 0.493 e. The van der Waals surface area contributed by atoms with Crippen LogP contribution in [0.3, 0.4) is 0 Å². The van der Waals surface area contributed by atoms with E-state index in [1.54, 1.807) is 18.2 Å². The molecule has 28 heavy (non-hydrogen) atoms. The molecule has 1 amide bonds. The van der Waals surface area contributed by atoms with E-state index in [9.17, 15) is 9.59 Å². The number of hydrogen-bond acceptors (Lipinski definition) is 6. The molecule has 1 N–H and O–H groups in total. The molecular formula is C19H15Br2NO6. The van der Waals surface area contributed by atoms with Crippen LogP contribution < -0.4 is 25.2 Å². The molecule has 0 fully saturated rings. The molecular weight excluding hydrogens is 498 g/mol. The summed E-state index contributed by atoms with van der Waals surface area (Å²) in [5, 5.41) is 3.21. The highest BCUT2D eigenvalue weighted by molar-refractivity contribution is 9.11. The third-order valence-corrected chi connectivity index (χ3v) is 4.97. The molecule has 3 rings (SSSR count). The van der Waals surface area contributed by atoms with Gasteiger partial charge in [0.05, 0.1) is 25.8 Å². The second-order valence-electron chi connectivity index (χ2n) is 5.62. The van der Waals surface area contributed by atoms with Gasteiger partial charge in [0.15, 0.2) is 17.1 Å². The molecule has 1 heterocycles. The van der Waals surface area contributed by atoms with E-state index in [0.29, 0.717) is 32.7 Å². The summed E-state index contributed by atoms with van der Waals surface area (Å²) in [6, 6.07) is 8.07. The first kappa shape index (κ1) is 20.2.